The lowest BCUT2D eigenvalue weighted by atomic mass is 10.1. The number of amides is 1. The third-order valence-corrected chi connectivity index (χ3v) is 3.99. The topological polar surface area (TPSA) is 75.6 Å². The number of anilines is 1. The predicted octanol–water partition coefficient (Wildman–Crippen LogP) is 0.894. The summed E-state index contributed by atoms with van der Waals surface area (Å²) in [5.41, 5.74) is 13.5. The average Bonchev–Trinajstić information content (AvgIpc) is 2.53. The molecule has 0 aromatic heterocycles. The van der Waals surface area contributed by atoms with Crippen LogP contribution in [0.2, 0.25) is 0 Å². The van der Waals surface area contributed by atoms with Crippen molar-refractivity contribution in [2.45, 2.75) is 25.9 Å². The molecule has 1 saturated heterocycles. The number of hydrogen-bond acceptors (Lipinski definition) is 4. The van der Waals surface area contributed by atoms with Crippen LogP contribution in [0.5, 0.6) is 0 Å². The summed E-state index contributed by atoms with van der Waals surface area (Å²) >= 11 is 0. The van der Waals surface area contributed by atoms with E-state index in [2.05, 4.69) is 23.8 Å². The Hall–Kier alpha value is -1.59. The third-order valence-electron chi connectivity index (χ3n) is 3.99. The molecule has 2 rings (SSSR count). The molecule has 1 atom stereocenters. The fourth-order valence-corrected chi connectivity index (χ4v) is 2.77. The fraction of sp³-hybridized carbons (Fsp3) is 0.533. The summed E-state index contributed by atoms with van der Waals surface area (Å²) in [4.78, 5) is 15.9. The van der Waals surface area contributed by atoms with Crippen molar-refractivity contribution in [2.75, 3.05) is 32.4 Å². The Kier molecular flexibility index (Phi) is 4.62. The summed E-state index contributed by atoms with van der Waals surface area (Å²) in [5, 5.41) is 0. The molecule has 0 radical (unpaired) electrons. The maximum Gasteiger partial charge on any atom is 0.248 e. The van der Waals surface area contributed by atoms with E-state index in [0.29, 0.717) is 17.3 Å². The summed E-state index contributed by atoms with van der Waals surface area (Å²) in [6.45, 7) is 6.34. The van der Waals surface area contributed by atoms with E-state index in [1.807, 2.05) is 6.07 Å². The first-order valence-electron chi connectivity index (χ1n) is 7.08. The third kappa shape index (κ3) is 3.49. The molecule has 0 bridgehead atoms. The summed E-state index contributed by atoms with van der Waals surface area (Å²) in [6, 6.07) is 5.84. The molecule has 1 aromatic rings. The molecule has 4 N–H and O–H groups in total. The molecule has 20 heavy (non-hydrogen) atoms. The molecule has 1 aliphatic rings. The second-order valence-electron chi connectivity index (χ2n) is 5.71. The lowest BCUT2D eigenvalue weighted by Gasteiger charge is -2.28. The maximum atomic E-state index is 11.1. The smallest absolute Gasteiger partial charge is 0.248 e. The normalized spacial score (nSPS) is 21.6. The largest absolute Gasteiger partial charge is 0.398 e. The molecule has 0 spiro atoms. The van der Waals surface area contributed by atoms with Gasteiger partial charge in [0.25, 0.3) is 0 Å². The van der Waals surface area contributed by atoms with Gasteiger partial charge < -0.3 is 16.4 Å². The Morgan fingerprint density at radius 2 is 2.15 bits per heavy atom. The van der Waals surface area contributed by atoms with Crippen LogP contribution in [0.25, 0.3) is 0 Å². The van der Waals surface area contributed by atoms with Gasteiger partial charge in [0, 0.05) is 36.9 Å². The van der Waals surface area contributed by atoms with Crippen LogP contribution in [0.4, 0.5) is 5.69 Å². The van der Waals surface area contributed by atoms with Crippen molar-refractivity contribution in [3.63, 3.8) is 0 Å². The van der Waals surface area contributed by atoms with Gasteiger partial charge in [0.2, 0.25) is 5.91 Å². The van der Waals surface area contributed by atoms with E-state index >= 15 is 0 Å². The molecule has 1 aromatic carbocycles. The fourth-order valence-electron chi connectivity index (χ4n) is 2.77. The Labute approximate surface area is 120 Å². The molecular weight excluding hydrogens is 252 g/mol. The lowest BCUT2D eigenvalue weighted by Crippen LogP contribution is -2.37. The van der Waals surface area contributed by atoms with Crippen LogP contribution in [0.15, 0.2) is 18.2 Å². The molecule has 1 unspecified atom stereocenters. The van der Waals surface area contributed by atoms with Crippen molar-refractivity contribution < 1.29 is 4.79 Å². The lowest BCUT2D eigenvalue weighted by molar-refractivity contribution is 0.100. The van der Waals surface area contributed by atoms with Crippen molar-refractivity contribution in [3.05, 3.63) is 29.3 Å². The number of nitrogens with zero attached hydrogens (tertiary/aromatic N) is 2. The van der Waals surface area contributed by atoms with Crippen molar-refractivity contribution in [1.82, 2.24) is 9.80 Å². The van der Waals surface area contributed by atoms with Crippen LogP contribution >= 0.6 is 0 Å². The monoisotopic (exact) mass is 276 g/mol. The number of likely N-dealkylation sites (N-methyl/N-ethyl adjacent to an activating group) is 1. The predicted molar refractivity (Wildman–Crippen MR) is 81.4 cm³/mol. The van der Waals surface area contributed by atoms with E-state index in [9.17, 15) is 4.79 Å². The van der Waals surface area contributed by atoms with Gasteiger partial charge in [0.15, 0.2) is 0 Å². The molecule has 1 aliphatic heterocycles. The number of carbonyl (C=O) groups is 1. The second kappa shape index (κ2) is 6.24. The van der Waals surface area contributed by atoms with Crippen molar-refractivity contribution in [2.24, 2.45) is 5.73 Å². The van der Waals surface area contributed by atoms with Crippen LogP contribution < -0.4 is 11.5 Å². The minimum atomic E-state index is -0.437. The van der Waals surface area contributed by atoms with Crippen molar-refractivity contribution in [3.8, 4) is 0 Å². The zero-order chi connectivity index (χ0) is 14.7. The van der Waals surface area contributed by atoms with E-state index in [1.165, 1.54) is 6.42 Å². The molecule has 0 aliphatic carbocycles. The van der Waals surface area contributed by atoms with Crippen LogP contribution in [-0.4, -0.2) is 48.4 Å². The number of primary amides is 1. The van der Waals surface area contributed by atoms with Crippen molar-refractivity contribution in [1.29, 1.82) is 0 Å². The van der Waals surface area contributed by atoms with Gasteiger partial charge in [-0.1, -0.05) is 6.07 Å². The van der Waals surface area contributed by atoms with Crippen LogP contribution in [-0.2, 0) is 6.54 Å². The Morgan fingerprint density at radius 1 is 1.40 bits per heavy atom. The molecule has 0 saturated carbocycles. The zero-order valence-electron chi connectivity index (χ0n) is 12.3. The number of carbonyl (C=O) groups excluding carboxylic acids is 1. The molecular formula is C15H24N4O. The zero-order valence-corrected chi connectivity index (χ0v) is 12.3. The molecule has 110 valence electrons. The van der Waals surface area contributed by atoms with E-state index < -0.39 is 5.91 Å². The first-order chi connectivity index (χ1) is 9.47. The van der Waals surface area contributed by atoms with Gasteiger partial charge in [0.05, 0.1) is 0 Å². The number of nitrogens with two attached hydrogens (primary N) is 2. The average molecular weight is 276 g/mol. The van der Waals surface area contributed by atoms with Crippen molar-refractivity contribution >= 4 is 11.6 Å². The van der Waals surface area contributed by atoms with Crippen LogP contribution in [0, 0.1) is 0 Å². The van der Waals surface area contributed by atoms with Gasteiger partial charge >= 0.3 is 0 Å². The van der Waals surface area contributed by atoms with Gasteiger partial charge in [-0.05, 0) is 44.6 Å². The molecule has 5 heteroatoms. The highest BCUT2D eigenvalue weighted by Crippen LogP contribution is 2.19. The number of benzene rings is 1. The molecule has 5 nitrogen and oxygen atoms in total. The van der Waals surface area contributed by atoms with Crippen LogP contribution in [0.3, 0.4) is 0 Å². The highest BCUT2D eigenvalue weighted by molar-refractivity contribution is 5.93. The van der Waals surface area contributed by atoms with Crippen LogP contribution in [0.1, 0.15) is 29.3 Å². The SMILES string of the molecule is CC1CN(C)CCCN1Cc1ccc(C(N)=O)cc1N. The Morgan fingerprint density at radius 3 is 2.80 bits per heavy atom. The summed E-state index contributed by atoms with van der Waals surface area (Å²) in [5.74, 6) is -0.437. The second-order valence-corrected chi connectivity index (χ2v) is 5.71. The van der Waals surface area contributed by atoms with E-state index in [1.54, 1.807) is 12.1 Å². The number of rotatable bonds is 3. The highest BCUT2D eigenvalue weighted by atomic mass is 16.1. The minimum absolute atomic E-state index is 0.437. The summed E-state index contributed by atoms with van der Waals surface area (Å²) < 4.78 is 0. The Bertz CT molecular complexity index is 489. The van der Waals surface area contributed by atoms with Gasteiger partial charge in [-0.15, -0.1) is 0 Å². The minimum Gasteiger partial charge on any atom is -0.398 e. The quantitative estimate of drug-likeness (QED) is 0.804. The Balaban J connectivity index is 2.11. The summed E-state index contributed by atoms with van der Waals surface area (Å²) in [7, 11) is 2.16. The first kappa shape index (κ1) is 14.8. The molecule has 1 heterocycles. The number of hydrogen-bond donors (Lipinski definition) is 2. The van der Waals surface area contributed by atoms with Gasteiger partial charge in [-0.25, -0.2) is 0 Å². The van der Waals surface area contributed by atoms with E-state index in [0.717, 1.165) is 31.7 Å². The molecule has 1 amide bonds. The highest BCUT2D eigenvalue weighted by Gasteiger charge is 2.20. The van der Waals surface area contributed by atoms with E-state index in [4.69, 9.17) is 11.5 Å². The van der Waals surface area contributed by atoms with Gasteiger partial charge in [-0.3, -0.25) is 9.69 Å². The summed E-state index contributed by atoms with van der Waals surface area (Å²) in [6.07, 6.45) is 1.17. The first-order valence-corrected chi connectivity index (χ1v) is 7.08. The maximum absolute atomic E-state index is 11.1. The molecule has 1 fully saturated rings. The van der Waals surface area contributed by atoms with Gasteiger partial charge in [0.1, 0.15) is 0 Å². The van der Waals surface area contributed by atoms with E-state index in [-0.39, 0.29) is 0 Å². The van der Waals surface area contributed by atoms with Gasteiger partial charge in [-0.2, -0.15) is 0 Å². The standard InChI is InChI=1S/C15H24N4O/c1-11-9-18(2)6-3-7-19(11)10-13-5-4-12(15(17)20)8-14(13)16/h4-5,8,11H,3,6-7,9-10,16H2,1-2H3,(H2,17,20). The number of nitrogen functional groups attached to an aromatic ring is 1.